The molecule has 0 atom stereocenters. The Morgan fingerprint density at radius 1 is 1.10 bits per heavy atom. The first-order chi connectivity index (χ1) is 10.1. The van der Waals surface area contributed by atoms with Gasteiger partial charge in [-0.3, -0.25) is 0 Å². The van der Waals surface area contributed by atoms with Crippen molar-refractivity contribution in [3.63, 3.8) is 0 Å². The van der Waals surface area contributed by atoms with Crippen molar-refractivity contribution in [1.82, 2.24) is 15.0 Å². The van der Waals surface area contributed by atoms with Crippen LogP contribution in [0.25, 0.3) is 0 Å². The second kappa shape index (κ2) is 6.91. The van der Waals surface area contributed by atoms with E-state index in [2.05, 4.69) is 33.7 Å². The molecular weight excluding hydrogens is 266 g/mol. The van der Waals surface area contributed by atoms with Gasteiger partial charge in [0, 0.05) is 13.1 Å². The number of rotatable bonds is 6. The monoisotopic (exact) mass is 293 g/mol. The van der Waals surface area contributed by atoms with Crippen molar-refractivity contribution in [2.24, 2.45) is 5.41 Å². The summed E-state index contributed by atoms with van der Waals surface area (Å²) in [5.74, 6) is 0.878. The zero-order valence-corrected chi connectivity index (χ0v) is 13.4. The van der Waals surface area contributed by atoms with Crippen LogP contribution in [0.5, 0.6) is 6.01 Å². The van der Waals surface area contributed by atoms with Crippen LogP contribution in [0.4, 0.5) is 11.9 Å². The summed E-state index contributed by atoms with van der Waals surface area (Å²) in [5.41, 5.74) is 6.26. The fourth-order valence-corrected chi connectivity index (χ4v) is 2.90. The maximum atomic E-state index is 5.77. The first-order valence-corrected chi connectivity index (χ1v) is 8.01. The van der Waals surface area contributed by atoms with E-state index >= 15 is 0 Å². The van der Waals surface area contributed by atoms with Gasteiger partial charge in [-0.15, -0.1) is 0 Å². The summed E-state index contributed by atoms with van der Waals surface area (Å²) in [6, 6.07) is 0.335. The lowest BCUT2D eigenvalue weighted by atomic mass is 9.74. The molecule has 1 aliphatic heterocycles. The van der Waals surface area contributed by atoms with E-state index in [0.29, 0.717) is 24.0 Å². The minimum absolute atomic E-state index is 0.230. The zero-order valence-electron chi connectivity index (χ0n) is 13.4. The van der Waals surface area contributed by atoms with Crippen LogP contribution in [0.2, 0.25) is 0 Å². The number of hydrogen-bond donors (Lipinski definition) is 1. The van der Waals surface area contributed by atoms with E-state index in [4.69, 9.17) is 10.5 Å². The van der Waals surface area contributed by atoms with Crippen LogP contribution >= 0.6 is 0 Å². The standard InChI is InChI=1S/C15H27N5O/c1-4-11-21-14-18-12(16)17-13(19-14)20-9-7-15(5-2,6-3)8-10-20/h4-11H2,1-3H3,(H2,16,17,18,19). The molecular formula is C15H27N5O. The Labute approximate surface area is 127 Å². The third-order valence-corrected chi connectivity index (χ3v) is 4.66. The predicted molar refractivity (Wildman–Crippen MR) is 84.5 cm³/mol. The first kappa shape index (κ1) is 15.8. The molecule has 0 radical (unpaired) electrons. The van der Waals surface area contributed by atoms with E-state index in [0.717, 1.165) is 19.5 Å². The molecule has 0 saturated carbocycles. The van der Waals surface area contributed by atoms with Gasteiger partial charge < -0.3 is 15.4 Å². The molecule has 2 rings (SSSR count). The van der Waals surface area contributed by atoms with Crippen LogP contribution in [-0.2, 0) is 0 Å². The molecule has 6 nitrogen and oxygen atoms in total. The molecule has 6 heteroatoms. The van der Waals surface area contributed by atoms with Gasteiger partial charge in [0.1, 0.15) is 0 Å². The van der Waals surface area contributed by atoms with Crippen molar-refractivity contribution < 1.29 is 4.74 Å². The van der Waals surface area contributed by atoms with Crippen LogP contribution in [-0.4, -0.2) is 34.6 Å². The van der Waals surface area contributed by atoms with Crippen molar-refractivity contribution in [1.29, 1.82) is 0 Å². The Morgan fingerprint density at radius 3 is 2.33 bits per heavy atom. The molecule has 1 fully saturated rings. The average Bonchev–Trinajstić information content (AvgIpc) is 2.52. The summed E-state index contributed by atoms with van der Waals surface area (Å²) in [6.07, 6.45) is 5.75. The SMILES string of the molecule is CCCOc1nc(N)nc(N2CCC(CC)(CC)CC2)n1. The first-order valence-electron chi connectivity index (χ1n) is 8.01. The Morgan fingerprint density at radius 2 is 1.76 bits per heavy atom. The highest BCUT2D eigenvalue weighted by Crippen LogP contribution is 2.38. The van der Waals surface area contributed by atoms with Crippen LogP contribution in [0, 0.1) is 5.41 Å². The molecule has 2 heterocycles. The quantitative estimate of drug-likeness (QED) is 0.869. The van der Waals surface area contributed by atoms with Crippen LogP contribution in [0.15, 0.2) is 0 Å². The molecule has 1 aromatic rings. The van der Waals surface area contributed by atoms with E-state index < -0.39 is 0 Å². The van der Waals surface area contributed by atoms with Gasteiger partial charge in [-0.25, -0.2) is 0 Å². The number of anilines is 2. The molecule has 0 unspecified atom stereocenters. The number of nitrogens with two attached hydrogens (primary N) is 1. The number of hydrogen-bond acceptors (Lipinski definition) is 6. The van der Waals surface area contributed by atoms with E-state index in [9.17, 15) is 0 Å². The van der Waals surface area contributed by atoms with Crippen LogP contribution in [0.1, 0.15) is 52.9 Å². The van der Waals surface area contributed by atoms with Crippen molar-refractivity contribution >= 4 is 11.9 Å². The minimum Gasteiger partial charge on any atom is -0.463 e. The highest BCUT2D eigenvalue weighted by molar-refractivity contribution is 5.36. The third kappa shape index (κ3) is 3.74. The fourth-order valence-electron chi connectivity index (χ4n) is 2.90. The van der Waals surface area contributed by atoms with E-state index in [-0.39, 0.29) is 5.95 Å². The van der Waals surface area contributed by atoms with Gasteiger partial charge in [-0.05, 0) is 24.7 Å². The summed E-state index contributed by atoms with van der Waals surface area (Å²) in [6.45, 7) is 9.16. The largest absolute Gasteiger partial charge is 0.463 e. The lowest BCUT2D eigenvalue weighted by Crippen LogP contribution is -2.40. The molecule has 2 N–H and O–H groups in total. The smallest absolute Gasteiger partial charge is 0.323 e. The summed E-state index contributed by atoms with van der Waals surface area (Å²) < 4.78 is 5.48. The summed E-state index contributed by atoms with van der Waals surface area (Å²) in [7, 11) is 0. The molecule has 21 heavy (non-hydrogen) atoms. The molecule has 0 spiro atoms. The number of nitrogens with zero attached hydrogens (tertiary/aromatic N) is 4. The Hall–Kier alpha value is -1.59. The van der Waals surface area contributed by atoms with Gasteiger partial charge >= 0.3 is 6.01 Å². The van der Waals surface area contributed by atoms with Crippen molar-refractivity contribution in [3.05, 3.63) is 0 Å². The molecule has 0 amide bonds. The second-order valence-corrected chi connectivity index (χ2v) is 5.82. The number of piperidine rings is 1. The molecule has 1 aromatic heterocycles. The highest BCUT2D eigenvalue weighted by Gasteiger charge is 2.32. The molecule has 0 aromatic carbocycles. The Bertz CT molecular complexity index is 451. The normalized spacial score (nSPS) is 17.8. The predicted octanol–water partition coefficient (Wildman–Crippen LogP) is 2.65. The van der Waals surface area contributed by atoms with Crippen molar-refractivity contribution in [2.75, 3.05) is 30.3 Å². The van der Waals surface area contributed by atoms with Crippen molar-refractivity contribution in [2.45, 2.75) is 52.9 Å². The van der Waals surface area contributed by atoms with Gasteiger partial charge in [-0.1, -0.05) is 33.6 Å². The van der Waals surface area contributed by atoms with E-state index in [1.54, 1.807) is 0 Å². The molecule has 0 aliphatic carbocycles. The second-order valence-electron chi connectivity index (χ2n) is 5.82. The molecule has 0 bridgehead atoms. The fraction of sp³-hybridized carbons (Fsp3) is 0.800. The van der Waals surface area contributed by atoms with E-state index in [1.807, 2.05) is 6.92 Å². The van der Waals surface area contributed by atoms with Gasteiger partial charge in [0.05, 0.1) is 6.61 Å². The zero-order chi connectivity index (χ0) is 15.3. The molecule has 118 valence electrons. The van der Waals surface area contributed by atoms with Gasteiger partial charge in [0.25, 0.3) is 0 Å². The lowest BCUT2D eigenvalue weighted by Gasteiger charge is -2.40. The van der Waals surface area contributed by atoms with Gasteiger partial charge in [0.15, 0.2) is 0 Å². The Kier molecular flexibility index (Phi) is 5.20. The highest BCUT2D eigenvalue weighted by atomic mass is 16.5. The summed E-state index contributed by atoms with van der Waals surface area (Å²) in [4.78, 5) is 14.9. The van der Waals surface area contributed by atoms with Crippen LogP contribution in [0.3, 0.4) is 0 Å². The number of aromatic nitrogens is 3. The van der Waals surface area contributed by atoms with E-state index in [1.165, 1.54) is 25.7 Å². The molecule has 1 saturated heterocycles. The Balaban J connectivity index is 2.07. The maximum absolute atomic E-state index is 5.77. The third-order valence-electron chi connectivity index (χ3n) is 4.66. The number of nitrogen functional groups attached to an aromatic ring is 1. The molecule has 1 aliphatic rings. The minimum atomic E-state index is 0.230. The lowest BCUT2D eigenvalue weighted by molar-refractivity contribution is 0.198. The average molecular weight is 293 g/mol. The van der Waals surface area contributed by atoms with Crippen LogP contribution < -0.4 is 15.4 Å². The summed E-state index contributed by atoms with van der Waals surface area (Å²) in [5, 5.41) is 0. The summed E-state index contributed by atoms with van der Waals surface area (Å²) >= 11 is 0. The van der Waals surface area contributed by atoms with Gasteiger partial charge in [-0.2, -0.15) is 15.0 Å². The maximum Gasteiger partial charge on any atom is 0.323 e. The van der Waals surface area contributed by atoms with Gasteiger partial charge in [0.2, 0.25) is 11.9 Å². The van der Waals surface area contributed by atoms with Crippen molar-refractivity contribution in [3.8, 4) is 6.01 Å². The topological polar surface area (TPSA) is 77.2 Å². The number of ether oxygens (including phenoxy) is 1.